The van der Waals surface area contributed by atoms with Gasteiger partial charge in [0.25, 0.3) is 0 Å². The molecule has 2 aromatic rings. The van der Waals surface area contributed by atoms with Crippen molar-refractivity contribution < 1.29 is 19.1 Å². The van der Waals surface area contributed by atoms with Crippen LogP contribution >= 0.6 is 0 Å². The standard InChI is InChI=1S/C22H22N2O4/c1-3-28-22(27)18-10-6-7-11-19(18)23-21(26)14-20-17-9-5-4-8-16(17)12-13-24(20)15(2)25/h4-13,20H,3,14H2,1-2H3,(H,23,26)/t20-/m1/s1. The lowest BCUT2D eigenvalue weighted by molar-refractivity contribution is -0.129. The summed E-state index contributed by atoms with van der Waals surface area (Å²) in [7, 11) is 0. The number of nitrogens with one attached hydrogen (secondary N) is 1. The first-order chi connectivity index (χ1) is 13.5. The van der Waals surface area contributed by atoms with Gasteiger partial charge in [-0.2, -0.15) is 0 Å². The second-order valence-corrected chi connectivity index (χ2v) is 6.41. The van der Waals surface area contributed by atoms with Crippen molar-refractivity contribution in [1.29, 1.82) is 0 Å². The van der Waals surface area contributed by atoms with E-state index in [-0.39, 0.29) is 24.8 Å². The molecule has 6 heteroatoms. The molecule has 1 N–H and O–H groups in total. The van der Waals surface area contributed by atoms with Gasteiger partial charge >= 0.3 is 5.97 Å². The highest BCUT2D eigenvalue weighted by Gasteiger charge is 2.28. The van der Waals surface area contributed by atoms with Crippen LogP contribution in [0.15, 0.2) is 54.7 Å². The number of anilines is 1. The fraction of sp³-hybridized carbons (Fsp3) is 0.227. The zero-order chi connectivity index (χ0) is 20.1. The normalized spacial score (nSPS) is 14.9. The van der Waals surface area contributed by atoms with Gasteiger partial charge in [0.15, 0.2) is 0 Å². The van der Waals surface area contributed by atoms with Crippen molar-refractivity contribution in [2.24, 2.45) is 0 Å². The molecule has 0 saturated carbocycles. The van der Waals surface area contributed by atoms with E-state index in [1.54, 1.807) is 42.3 Å². The molecule has 28 heavy (non-hydrogen) atoms. The maximum absolute atomic E-state index is 12.8. The third-order valence-corrected chi connectivity index (χ3v) is 4.54. The summed E-state index contributed by atoms with van der Waals surface area (Å²) in [6.45, 7) is 3.45. The van der Waals surface area contributed by atoms with Crippen molar-refractivity contribution in [1.82, 2.24) is 4.90 Å². The van der Waals surface area contributed by atoms with Crippen molar-refractivity contribution >= 4 is 29.5 Å². The van der Waals surface area contributed by atoms with E-state index in [2.05, 4.69) is 5.32 Å². The highest BCUT2D eigenvalue weighted by molar-refractivity contribution is 6.01. The lowest BCUT2D eigenvalue weighted by Gasteiger charge is -2.32. The van der Waals surface area contributed by atoms with Gasteiger partial charge in [-0.3, -0.25) is 9.59 Å². The maximum Gasteiger partial charge on any atom is 0.340 e. The Labute approximate surface area is 163 Å². The van der Waals surface area contributed by atoms with Gasteiger partial charge in [0.2, 0.25) is 11.8 Å². The molecule has 2 amide bonds. The van der Waals surface area contributed by atoms with E-state index in [0.29, 0.717) is 11.3 Å². The van der Waals surface area contributed by atoms with Gasteiger partial charge in [0.05, 0.1) is 30.3 Å². The van der Waals surface area contributed by atoms with Crippen molar-refractivity contribution in [2.75, 3.05) is 11.9 Å². The Kier molecular flexibility index (Phi) is 5.89. The number of fused-ring (bicyclic) bond motifs is 1. The van der Waals surface area contributed by atoms with Crippen molar-refractivity contribution in [3.05, 3.63) is 71.4 Å². The highest BCUT2D eigenvalue weighted by atomic mass is 16.5. The monoisotopic (exact) mass is 378 g/mol. The van der Waals surface area contributed by atoms with Gasteiger partial charge in [-0.05, 0) is 36.3 Å². The van der Waals surface area contributed by atoms with E-state index in [0.717, 1.165) is 11.1 Å². The van der Waals surface area contributed by atoms with E-state index in [9.17, 15) is 14.4 Å². The topological polar surface area (TPSA) is 75.7 Å². The Morgan fingerprint density at radius 3 is 2.54 bits per heavy atom. The molecule has 1 atom stereocenters. The fourth-order valence-corrected chi connectivity index (χ4v) is 3.27. The number of para-hydroxylation sites is 1. The zero-order valence-corrected chi connectivity index (χ0v) is 15.8. The molecule has 0 aromatic heterocycles. The molecular formula is C22H22N2O4. The molecule has 0 radical (unpaired) electrons. The number of nitrogens with zero attached hydrogens (tertiary/aromatic N) is 1. The minimum atomic E-state index is -0.491. The van der Waals surface area contributed by atoms with Crippen LogP contribution in [0.1, 0.15) is 47.8 Å². The van der Waals surface area contributed by atoms with E-state index in [1.165, 1.54) is 6.92 Å². The number of hydrogen-bond acceptors (Lipinski definition) is 4. The molecule has 2 aromatic carbocycles. The Balaban J connectivity index is 1.82. The van der Waals surface area contributed by atoms with E-state index >= 15 is 0 Å². The van der Waals surface area contributed by atoms with Crippen LogP contribution in [-0.4, -0.2) is 29.3 Å². The van der Waals surface area contributed by atoms with Crippen LogP contribution in [0, 0.1) is 0 Å². The lowest BCUT2D eigenvalue weighted by atomic mass is 9.93. The summed E-state index contributed by atoms with van der Waals surface area (Å²) in [5.74, 6) is -0.928. The van der Waals surface area contributed by atoms with E-state index in [1.807, 2.05) is 30.3 Å². The molecule has 1 aliphatic rings. The van der Waals surface area contributed by atoms with E-state index in [4.69, 9.17) is 4.74 Å². The second-order valence-electron chi connectivity index (χ2n) is 6.41. The molecule has 0 bridgehead atoms. The van der Waals surface area contributed by atoms with Gasteiger partial charge in [-0.1, -0.05) is 36.4 Å². The van der Waals surface area contributed by atoms with Crippen LogP contribution in [0.4, 0.5) is 5.69 Å². The summed E-state index contributed by atoms with van der Waals surface area (Å²) in [5.41, 5.74) is 2.57. The number of hydrogen-bond donors (Lipinski definition) is 1. The number of amides is 2. The highest BCUT2D eigenvalue weighted by Crippen LogP contribution is 2.33. The summed E-state index contributed by atoms with van der Waals surface area (Å²) in [6.07, 6.45) is 3.63. The van der Waals surface area contributed by atoms with Crippen LogP contribution < -0.4 is 5.32 Å². The summed E-state index contributed by atoms with van der Waals surface area (Å²) in [4.78, 5) is 38.5. The number of ether oxygens (including phenoxy) is 1. The van der Waals surface area contributed by atoms with Gasteiger partial charge < -0.3 is 15.0 Å². The number of carbonyl (C=O) groups excluding carboxylic acids is 3. The Morgan fingerprint density at radius 1 is 1.07 bits per heavy atom. The van der Waals surface area contributed by atoms with Crippen LogP contribution in [0.25, 0.3) is 6.08 Å². The second kappa shape index (κ2) is 8.52. The van der Waals surface area contributed by atoms with Crippen LogP contribution in [0.2, 0.25) is 0 Å². The molecule has 1 heterocycles. The molecule has 144 valence electrons. The van der Waals surface area contributed by atoms with Gasteiger partial charge in [-0.25, -0.2) is 4.79 Å². The zero-order valence-electron chi connectivity index (χ0n) is 15.8. The Hall–Kier alpha value is -3.41. The number of rotatable bonds is 5. The van der Waals surface area contributed by atoms with Crippen LogP contribution in [0.3, 0.4) is 0 Å². The van der Waals surface area contributed by atoms with E-state index < -0.39 is 12.0 Å². The van der Waals surface area contributed by atoms with Gasteiger partial charge in [0.1, 0.15) is 0 Å². The summed E-state index contributed by atoms with van der Waals surface area (Å²) in [5, 5.41) is 2.79. The molecule has 0 unspecified atom stereocenters. The Morgan fingerprint density at radius 2 is 1.79 bits per heavy atom. The van der Waals surface area contributed by atoms with Crippen molar-refractivity contribution in [3.63, 3.8) is 0 Å². The Bertz CT molecular complexity index is 936. The minimum Gasteiger partial charge on any atom is -0.462 e. The minimum absolute atomic E-state index is 0.0676. The summed E-state index contributed by atoms with van der Waals surface area (Å²) in [6, 6.07) is 14.0. The first kappa shape index (κ1) is 19.4. The number of benzene rings is 2. The first-order valence-electron chi connectivity index (χ1n) is 9.13. The largest absolute Gasteiger partial charge is 0.462 e. The SMILES string of the molecule is CCOC(=O)c1ccccc1NC(=O)C[C@@H]1c2ccccc2C=CN1C(C)=O. The maximum atomic E-state index is 12.8. The predicted molar refractivity (Wildman–Crippen MR) is 106 cm³/mol. The predicted octanol–water partition coefficient (Wildman–Crippen LogP) is 3.77. The fourth-order valence-electron chi connectivity index (χ4n) is 3.27. The molecule has 0 spiro atoms. The summed E-state index contributed by atoms with van der Waals surface area (Å²) >= 11 is 0. The van der Waals surface area contributed by atoms with Crippen molar-refractivity contribution in [2.45, 2.75) is 26.3 Å². The van der Waals surface area contributed by atoms with Crippen LogP contribution in [-0.2, 0) is 14.3 Å². The third-order valence-electron chi connectivity index (χ3n) is 4.54. The molecule has 3 rings (SSSR count). The molecule has 6 nitrogen and oxygen atoms in total. The molecule has 1 aliphatic heterocycles. The smallest absolute Gasteiger partial charge is 0.340 e. The quantitative estimate of drug-likeness (QED) is 0.804. The van der Waals surface area contributed by atoms with Gasteiger partial charge in [0, 0.05) is 13.1 Å². The lowest BCUT2D eigenvalue weighted by Crippen LogP contribution is -2.33. The summed E-state index contributed by atoms with van der Waals surface area (Å²) < 4.78 is 5.04. The molecule has 0 saturated heterocycles. The van der Waals surface area contributed by atoms with Crippen molar-refractivity contribution in [3.8, 4) is 0 Å². The molecule has 0 aliphatic carbocycles. The first-order valence-corrected chi connectivity index (χ1v) is 9.13. The molecule has 0 fully saturated rings. The van der Waals surface area contributed by atoms with Gasteiger partial charge in [-0.15, -0.1) is 0 Å². The van der Waals surface area contributed by atoms with Crippen LogP contribution in [0.5, 0.6) is 0 Å². The number of carbonyl (C=O) groups is 3. The number of esters is 1. The molecular weight excluding hydrogens is 356 g/mol. The average Bonchev–Trinajstić information content (AvgIpc) is 2.68. The third kappa shape index (κ3) is 4.11. The average molecular weight is 378 g/mol.